The number of aliphatic imine (C=N–C) groups is 1. The summed E-state index contributed by atoms with van der Waals surface area (Å²) in [5.74, 6) is -0.112. The molecule has 156 valence electrons. The van der Waals surface area contributed by atoms with Crippen molar-refractivity contribution in [1.29, 1.82) is 0 Å². The molecule has 1 amide bonds. The second kappa shape index (κ2) is 10.2. The summed E-state index contributed by atoms with van der Waals surface area (Å²) in [4.78, 5) is 34.6. The van der Waals surface area contributed by atoms with Crippen molar-refractivity contribution < 1.29 is 14.3 Å². The van der Waals surface area contributed by atoms with E-state index in [4.69, 9.17) is 4.99 Å². The SMILES string of the molecule is CCN1C(=O)/C(=C2/Sc3ccccc3N2C)SC1=NCCCCCCC(=O)OC. The van der Waals surface area contributed by atoms with E-state index < -0.39 is 0 Å². The average Bonchev–Trinajstić information content (AvgIpc) is 3.23. The van der Waals surface area contributed by atoms with Gasteiger partial charge in [0, 0.05) is 31.5 Å². The molecule has 0 aromatic heterocycles. The Kier molecular flexibility index (Phi) is 7.66. The maximum atomic E-state index is 13.0. The van der Waals surface area contributed by atoms with Crippen LogP contribution in [0.15, 0.2) is 44.1 Å². The number of ether oxygens (including phenoxy) is 1. The predicted octanol–water partition coefficient (Wildman–Crippen LogP) is 4.47. The molecule has 2 aliphatic rings. The van der Waals surface area contributed by atoms with E-state index in [0.717, 1.165) is 46.5 Å². The second-order valence-electron chi connectivity index (χ2n) is 6.82. The first kappa shape index (κ1) is 21.8. The fraction of sp³-hybridized carbons (Fsp3) is 0.476. The van der Waals surface area contributed by atoms with Gasteiger partial charge in [0.1, 0.15) is 4.91 Å². The van der Waals surface area contributed by atoms with Crippen LogP contribution in [0.1, 0.15) is 39.0 Å². The first-order valence-electron chi connectivity index (χ1n) is 9.92. The van der Waals surface area contributed by atoms with Crippen LogP contribution in [0.5, 0.6) is 0 Å². The number of para-hydroxylation sites is 1. The number of nitrogens with zero attached hydrogens (tertiary/aromatic N) is 3. The Hall–Kier alpha value is -1.93. The topological polar surface area (TPSA) is 62.2 Å². The molecule has 0 spiro atoms. The van der Waals surface area contributed by atoms with Gasteiger partial charge in [0.05, 0.1) is 17.8 Å². The van der Waals surface area contributed by atoms with Gasteiger partial charge in [0.15, 0.2) is 5.17 Å². The van der Waals surface area contributed by atoms with Gasteiger partial charge >= 0.3 is 5.97 Å². The van der Waals surface area contributed by atoms with Crippen molar-refractivity contribution in [2.75, 3.05) is 32.1 Å². The maximum Gasteiger partial charge on any atom is 0.305 e. The van der Waals surface area contributed by atoms with Crippen LogP contribution in [0.25, 0.3) is 0 Å². The summed E-state index contributed by atoms with van der Waals surface area (Å²) in [6, 6.07) is 8.20. The van der Waals surface area contributed by atoms with Crippen molar-refractivity contribution in [1.82, 2.24) is 4.90 Å². The third-order valence-electron chi connectivity index (χ3n) is 4.88. The monoisotopic (exact) mass is 433 g/mol. The fourth-order valence-electron chi connectivity index (χ4n) is 3.24. The third kappa shape index (κ3) is 4.98. The average molecular weight is 434 g/mol. The van der Waals surface area contributed by atoms with Gasteiger partial charge in [0.25, 0.3) is 5.91 Å². The lowest BCUT2D eigenvalue weighted by molar-refractivity contribution is -0.140. The standard InChI is InChI=1S/C21H27N3O3S2/c1-4-24-19(26)18(20-23(2)15-11-8-9-12-16(15)28-20)29-21(24)22-14-10-6-5-7-13-17(25)27-3/h8-9,11-12H,4-7,10,13-14H2,1-3H3/b20-18-,22-21?. The molecule has 8 heteroatoms. The second-order valence-corrected chi connectivity index (χ2v) is 8.83. The van der Waals surface area contributed by atoms with E-state index in [9.17, 15) is 9.59 Å². The molecule has 0 radical (unpaired) electrons. The van der Waals surface area contributed by atoms with Crippen molar-refractivity contribution in [2.24, 2.45) is 4.99 Å². The van der Waals surface area contributed by atoms with Gasteiger partial charge in [-0.25, -0.2) is 0 Å². The Labute approximate surface area is 180 Å². The van der Waals surface area contributed by atoms with Gasteiger partial charge in [-0.05, 0) is 43.7 Å². The van der Waals surface area contributed by atoms with E-state index >= 15 is 0 Å². The Morgan fingerprint density at radius 3 is 2.62 bits per heavy atom. The highest BCUT2D eigenvalue weighted by atomic mass is 32.2. The number of likely N-dealkylation sites (N-methyl/N-ethyl adjacent to an activating group) is 1. The van der Waals surface area contributed by atoms with Gasteiger partial charge in [-0.15, -0.1) is 0 Å². The smallest absolute Gasteiger partial charge is 0.305 e. The Bertz CT molecular complexity index is 838. The number of anilines is 1. The minimum absolute atomic E-state index is 0.0384. The van der Waals surface area contributed by atoms with Gasteiger partial charge in [-0.1, -0.05) is 36.7 Å². The van der Waals surface area contributed by atoms with Crippen molar-refractivity contribution in [3.05, 3.63) is 34.2 Å². The van der Waals surface area contributed by atoms with E-state index in [1.807, 2.05) is 26.1 Å². The highest BCUT2D eigenvalue weighted by molar-refractivity contribution is 8.19. The Morgan fingerprint density at radius 1 is 1.14 bits per heavy atom. The van der Waals surface area contributed by atoms with Crippen LogP contribution in [-0.4, -0.2) is 49.2 Å². The number of esters is 1. The minimum atomic E-state index is -0.151. The Morgan fingerprint density at radius 2 is 1.90 bits per heavy atom. The summed E-state index contributed by atoms with van der Waals surface area (Å²) < 4.78 is 4.65. The molecule has 0 atom stereocenters. The molecule has 0 aliphatic carbocycles. The molecule has 1 aromatic carbocycles. The number of amides is 1. The number of thioether (sulfide) groups is 2. The van der Waals surface area contributed by atoms with Crippen LogP contribution < -0.4 is 4.90 Å². The number of hydrogen-bond donors (Lipinski definition) is 0. The molecule has 1 saturated heterocycles. The number of fused-ring (bicyclic) bond motifs is 1. The molecule has 6 nitrogen and oxygen atoms in total. The van der Waals surface area contributed by atoms with Crippen LogP contribution in [0.3, 0.4) is 0 Å². The molecule has 29 heavy (non-hydrogen) atoms. The lowest BCUT2D eigenvalue weighted by Gasteiger charge is -2.15. The fourth-order valence-corrected chi connectivity index (χ4v) is 5.66. The molecule has 0 bridgehead atoms. The normalized spacial score (nSPS) is 20.0. The highest BCUT2D eigenvalue weighted by Crippen LogP contribution is 2.49. The molecule has 0 unspecified atom stereocenters. The van der Waals surface area contributed by atoms with Gasteiger partial charge < -0.3 is 9.64 Å². The van der Waals surface area contributed by atoms with Gasteiger partial charge in [-0.2, -0.15) is 0 Å². The van der Waals surface area contributed by atoms with Gasteiger partial charge in [-0.3, -0.25) is 19.5 Å². The number of unbranched alkanes of at least 4 members (excludes halogenated alkanes) is 3. The lowest BCUT2D eigenvalue weighted by Crippen LogP contribution is -2.29. The summed E-state index contributed by atoms with van der Waals surface area (Å²) in [6.07, 6.45) is 4.27. The van der Waals surface area contributed by atoms with Gasteiger partial charge in [0.2, 0.25) is 0 Å². The molecule has 0 saturated carbocycles. The Balaban J connectivity index is 1.60. The number of carbonyl (C=O) groups is 2. The van der Waals surface area contributed by atoms with Crippen LogP contribution in [0.4, 0.5) is 5.69 Å². The van der Waals surface area contributed by atoms with E-state index in [1.165, 1.54) is 23.8 Å². The minimum Gasteiger partial charge on any atom is -0.469 e. The lowest BCUT2D eigenvalue weighted by atomic mass is 10.1. The van der Waals surface area contributed by atoms with Crippen molar-refractivity contribution in [2.45, 2.75) is 43.9 Å². The highest BCUT2D eigenvalue weighted by Gasteiger charge is 2.38. The number of amidine groups is 1. The third-order valence-corrected chi connectivity index (χ3v) is 7.35. The molecular weight excluding hydrogens is 406 g/mol. The zero-order chi connectivity index (χ0) is 20.8. The van der Waals surface area contributed by atoms with Crippen LogP contribution in [0, 0.1) is 0 Å². The summed E-state index contributed by atoms with van der Waals surface area (Å²) in [5, 5.41) is 1.77. The first-order valence-corrected chi connectivity index (χ1v) is 11.6. The predicted molar refractivity (Wildman–Crippen MR) is 120 cm³/mol. The summed E-state index contributed by atoms with van der Waals surface area (Å²) in [5.41, 5.74) is 1.13. The van der Waals surface area contributed by atoms with Crippen LogP contribution in [0.2, 0.25) is 0 Å². The zero-order valence-electron chi connectivity index (χ0n) is 17.1. The molecule has 1 aromatic rings. The molecule has 2 heterocycles. The number of methoxy groups -OCH3 is 1. The first-order chi connectivity index (χ1) is 14.1. The maximum absolute atomic E-state index is 13.0. The van der Waals surface area contributed by atoms with Crippen molar-refractivity contribution in [3.8, 4) is 0 Å². The summed E-state index contributed by atoms with van der Waals surface area (Å²) in [7, 11) is 3.43. The summed E-state index contributed by atoms with van der Waals surface area (Å²) >= 11 is 3.13. The van der Waals surface area contributed by atoms with Crippen LogP contribution >= 0.6 is 23.5 Å². The number of hydrogen-bond acceptors (Lipinski definition) is 7. The molecule has 3 rings (SSSR count). The molecule has 1 fully saturated rings. The van der Waals surface area contributed by atoms with E-state index in [1.54, 1.807) is 16.7 Å². The van der Waals surface area contributed by atoms with E-state index in [-0.39, 0.29) is 11.9 Å². The van der Waals surface area contributed by atoms with Crippen molar-refractivity contribution in [3.63, 3.8) is 0 Å². The van der Waals surface area contributed by atoms with Crippen molar-refractivity contribution >= 4 is 46.3 Å². The zero-order valence-corrected chi connectivity index (χ0v) is 18.8. The molecule has 2 aliphatic heterocycles. The molecule has 0 N–H and O–H groups in total. The largest absolute Gasteiger partial charge is 0.469 e. The summed E-state index contributed by atoms with van der Waals surface area (Å²) in [6.45, 7) is 3.28. The number of rotatable bonds is 8. The van der Waals surface area contributed by atoms with E-state index in [0.29, 0.717) is 19.5 Å². The van der Waals surface area contributed by atoms with Crippen LogP contribution in [-0.2, 0) is 14.3 Å². The number of carbonyl (C=O) groups excluding carboxylic acids is 2. The number of benzene rings is 1. The quantitative estimate of drug-likeness (QED) is 0.342. The molecular formula is C21H27N3O3S2. The van der Waals surface area contributed by atoms with E-state index in [2.05, 4.69) is 21.8 Å².